The van der Waals surface area contributed by atoms with E-state index in [1.54, 1.807) is 0 Å². The second kappa shape index (κ2) is 9.75. The zero-order chi connectivity index (χ0) is 19.0. The quantitative estimate of drug-likeness (QED) is 0.274. The van der Waals surface area contributed by atoms with Gasteiger partial charge in [0.25, 0.3) is 5.69 Å². The molecule has 1 unspecified atom stereocenters. The Morgan fingerprint density at radius 2 is 1.88 bits per heavy atom. The van der Waals surface area contributed by atoms with Gasteiger partial charge in [0.15, 0.2) is 0 Å². The highest BCUT2D eigenvalue weighted by molar-refractivity contribution is 7.84. The molecule has 0 fully saturated rings. The van der Waals surface area contributed by atoms with Crippen molar-refractivity contribution in [2.75, 3.05) is 6.61 Å². The Labute approximate surface area is 151 Å². The Morgan fingerprint density at radius 1 is 1.32 bits per heavy atom. The van der Waals surface area contributed by atoms with Gasteiger partial charge >= 0.3 is 12.8 Å². The van der Waals surface area contributed by atoms with Crippen molar-refractivity contribution in [1.82, 2.24) is 5.09 Å². The summed E-state index contributed by atoms with van der Waals surface area (Å²) >= 11 is 5.81. The normalized spacial score (nSPS) is 14.6. The highest BCUT2D eigenvalue weighted by Gasteiger charge is 2.28. The molecule has 1 rings (SSSR count). The van der Waals surface area contributed by atoms with E-state index < -0.39 is 23.8 Å². The van der Waals surface area contributed by atoms with E-state index in [9.17, 15) is 19.5 Å². The fourth-order valence-corrected chi connectivity index (χ4v) is 3.62. The van der Waals surface area contributed by atoms with Gasteiger partial charge in [-0.15, -0.1) is 0 Å². The maximum atomic E-state index is 12.3. The molecule has 2 atom stereocenters. The number of benzene rings is 1. The van der Waals surface area contributed by atoms with Gasteiger partial charge in [0.2, 0.25) is 0 Å². The monoisotopic (exact) mass is 392 g/mol. The molecule has 0 bridgehead atoms. The first kappa shape index (κ1) is 21.4. The van der Waals surface area contributed by atoms with Crippen LogP contribution < -0.4 is 9.61 Å². The lowest BCUT2D eigenvalue weighted by atomic mass is 10.1. The van der Waals surface area contributed by atoms with Crippen LogP contribution in [0.1, 0.15) is 33.6 Å². The van der Waals surface area contributed by atoms with Gasteiger partial charge in [0.05, 0.1) is 11.5 Å². The molecule has 1 aromatic carbocycles. The number of nitro groups is 1. The molecular formula is C15H22ClN2O6P. The van der Waals surface area contributed by atoms with E-state index in [0.29, 0.717) is 0 Å². The predicted molar refractivity (Wildman–Crippen MR) is 94.8 cm³/mol. The average Bonchev–Trinajstić information content (AvgIpc) is 2.55. The highest BCUT2D eigenvalue weighted by atomic mass is 35.7. The summed E-state index contributed by atoms with van der Waals surface area (Å²) in [4.78, 5) is 22.0. The molecule has 0 saturated carbocycles. The maximum Gasteiger partial charge on any atom is 0.409 e. The molecule has 0 radical (unpaired) electrons. The molecule has 0 heterocycles. The number of halogens is 1. The van der Waals surface area contributed by atoms with Crippen LogP contribution in [-0.2, 0) is 14.1 Å². The summed E-state index contributed by atoms with van der Waals surface area (Å²) in [6.45, 7) is 1.89. The Hall–Kier alpha value is -1.63. The first-order chi connectivity index (χ1) is 11.7. The molecular weight excluding hydrogens is 371 g/mol. The van der Waals surface area contributed by atoms with Crippen molar-refractivity contribution >= 4 is 29.8 Å². The van der Waals surface area contributed by atoms with Crippen LogP contribution in [0.25, 0.3) is 0 Å². The minimum atomic E-state index is -3.87. The van der Waals surface area contributed by atoms with Crippen LogP contribution >= 0.6 is 18.1 Å². The number of ether oxygens (including phenoxy) is 1. The van der Waals surface area contributed by atoms with E-state index in [-0.39, 0.29) is 24.0 Å². The number of nitro benzene ring substituents is 1. The number of carbonyl (C=O) groups excluding carboxylic acids is 1. The molecule has 1 aromatic rings. The van der Waals surface area contributed by atoms with Gasteiger partial charge in [0.1, 0.15) is 11.8 Å². The summed E-state index contributed by atoms with van der Waals surface area (Å²) in [7, 11) is 0. The molecule has 0 aromatic heterocycles. The lowest BCUT2D eigenvalue weighted by molar-refractivity contribution is -0.384. The van der Waals surface area contributed by atoms with Gasteiger partial charge in [-0.2, -0.15) is 0 Å². The van der Waals surface area contributed by atoms with Crippen molar-refractivity contribution in [3.8, 4) is 5.75 Å². The summed E-state index contributed by atoms with van der Waals surface area (Å²) in [5, 5.41) is 13.0. The Bertz CT molecular complexity index is 635. The van der Waals surface area contributed by atoms with E-state index in [0.717, 1.165) is 12.8 Å². The molecule has 0 saturated heterocycles. The number of nitrogens with one attached hydrogen (secondary N) is 1. The van der Waals surface area contributed by atoms with Crippen LogP contribution in [0.5, 0.6) is 5.75 Å². The summed E-state index contributed by atoms with van der Waals surface area (Å²) in [6, 6.07) is 3.99. The van der Waals surface area contributed by atoms with Crippen molar-refractivity contribution in [1.29, 1.82) is 0 Å². The average molecular weight is 393 g/mol. The van der Waals surface area contributed by atoms with Crippen LogP contribution in [-0.4, -0.2) is 23.5 Å². The van der Waals surface area contributed by atoms with Crippen LogP contribution in [0.15, 0.2) is 24.3 Å². The molecule has 0 aliphatic heterocycles. The SMILES string of the molecule is CCC(CC)COC(=O)[C@H](C)NP(=O)(Cl)Oc1ccc([N+](=O)[O-])cc1. The first-order valence-electron chi connectivity index (χ1n) is 7.86. The fraction of sp³-hybridized carbons (Fsp3) is 0.533. The molecule has 140 valence electrons. The van der Waals surface area contributed by atoms with Gasteiger partial charge in [-0.3, -0.25) is 14.9 Å². The van der Waals surface area contributed by atoms with Crippen molar-refractivity contribution in [2.24, 2.45) is 5.92 Å². The molecule has 0 aliphatic carbocycles. The molecule has 10 heteroatoms. The second-order valence-corrected chi connectivity index (χ2v) is 8.22. The zero-order valence-electron chi connectivity index (χ0n) is 14.3. The lowest BCUT2D eigenvalue weighted by Crippen LogP contribution is -2.34. The number of hydrogen-bond donors (Lipinski definition) is 1. The van der Waals surface area contributed by atoms with Gasteiger partial charge in [-0.05, 0) is 25.0 Å². The third-order valence-electron chi connectivity index (χ3n) is 3.59. The van der Waals surface area contributed by atoms with E-state index in [2.05, 4.69) is 5.09 Å². The number of carbonyl (C=O) groups is 1. The van der Waals surface area contributed by atoms with Crippen LogP contribution in [0, 0.1) is 16.0 Å². The second-order valence-electron chi connectivity index (χ2n) is 5.49. The van der Waals surface area contributed by atoms with Crippen LogP contribution in [0.3, 0.4) is 0 Å². The molecule has 25 heavy (non-hydrogen) atoms. The van der Waals surface area contributed by atoms with Crippen molar-refractivity contribution < 1.29 is 23.5 Å². The number of rotatable bonds is 10. The summed E-state index contributed by atoms with van der Waals surface area (Å²) < 4.78 is 22.5. The first-order valence-corrected chi connectivity index (χ1v) is 10.4. The minimum absolute atomic E-state index is 0.0778. The predicted octanol–water partition coefficient (Wildman–Crippen LogP) is 4.28. The third-order valence-corrected chi connectivity index (χ3v) is 5.23. The summed E-state index contributed by atoms with van der Waals surface area (Å²) in [5.74, 6) is -0.232. The van der Waals surface area contributed by atoms with Gasteiger partial charge in [-0.25, -0.2) is 9.65 Å². The van der Waals surface area contributed by atoms with Crippen molar-refractivity contribution in [3.05, 3.63) is 34.4 Å². The number of hydrogen-bond acceptors (Lipinski definition) is 6. The summed E-state index contributed by atoms with van der Waals surface area (Å²) in [6.07, 6.45) is 1.78. The highest BCUT2D eigenvalue weighted by Crippen LogP contribution is 2.48. The van der Waals surface area contributed by atoms with Crippen LogP contribution in [0.2, 0.25) is 0 Å². The van der Waals surface area contributed by atoms with Gasteiger partial charge in [-0.1, -0.05) is 26.7 Å². The maximum absolute atomic E-state index is 12.3. The molecule has 0 amide bonds. The number of non-ortho nitro benzene ring substituents is 1. The van der Waals surface area contributed by atoms with Crippen LogP contribution in [0.4, 0.5) is 5.69 Å². The number of esters is 1. The van der Waals surface area contributed by atoms with E-state index in [1.165, 1.54) is 31.2 Å². The summed E-state index contributed by atoms with van der Waals surface area (Å²) in [5.41, 5.74) is -0.136. The Morgan fingerprint density at radius 3 is 2.36 bits per heavy atom. The number of nitrogens with zero attached hydrogens (tertiary/aromatic N) is 1. The van der Waals surface area contributed by atoms with E-state index in [4.69, 9.17) is 20.5 Å². The molecule has 0 aliphatic rings. The molecule has 1 N–H and O–H groups in total. The van der Waals surface area contributed by atoms with E-state index in [1.807, 2.05) is 13.8 Å². The molecule has 0 spiro atoms. The van der Waals surface area contributed by atoms with Gasteiger partial charge in [0, 0.05) is 23.4 Å². The topological polar surface area (TPSA) is 108 Å². The van der Waals surface area contributed by atoms with Crippen molar-refractivity contribution in [2.45, 2.75) is 39.7 Å². The smallest absolute Gasteiger partial charge is 0.409 e. The largest absolute Gasteiger partial charge is 0.464 e. The van der Waals surface area contributed by atoms with Gasteiger partial charge < -0.3 is 9.26 Å². The minimum Gasteiger partial charge on any atom is -0.464 e. The zero-order valence-corrected chi connectivity index (χ0v) is 16.0. The fourth-order valence-electron chi connectivity index (χ4n) is 1.92. The lowest BCUT2D eigenvalue weighted by Gasteiger charge is -2.19. The Kier molecular flexibility index (Phi) is 8.35. The van der Waals surface area contributed by atoms with Crippen molar-refractivity contribution in [3.63, 3.8) is 0 Å². The Balaban J connectivity index is 2.59. The molecule has 8 nitrogen and oxygen atoms in total. The third kappa shape index (κ3) is 7.42. The van der Waals surface area contributed by atoms with E-state index >= 15 is 0 Å². The standard InChI is InChI=1S/C15H22ClN2O6P/c1-4-12(5-2)10-23-15(19)11(3)17-25(16,22)24-14-8-6-13(7-9-14)18(20)21/h6-9,11-12H,4-5,10H2,1-3H3,(H,17,22)/t11-,25?/m0/s1.